The number of benzene rings is 3. The van der Waals surface area contributed by atoms with Crippen LogP contribution in [0.2, 0.25) is 0 Å². The van der Waals surface area contributed by atoms with Gasteiger partial charge in [-0.15, -0.1) is 0 Å². The first-order valence-corrected chi connectivity index (χ1v) is 9.67. The summed E-state index contributed by atoms with van der Waals surface area (Å²) in [5, 5.41) is 10.9. The molecular weight excluding hydrogens is 406 g/mol. The number of amides is 1. The van der Waals surface area contributed by atoms with Crippen molar-refractivity contribution in [2.24, 2.45) is 0 Å². The fourth-order valence-electron chi connectivity index (χ4n) is 3.08. The smallest absolute Gasteiger partial charge is 0.341 e. The molecule has 1 aliphatic heterocycles. The Morgan fingerprint density at radius 3 is 2.20 bits per heavy atom. The lowest BCUT2D eigenvalue weighted by Gasteiger charge is -2.30. The van der Waals surface area contributed by atoms with E-state index in [2.05, 4.69) is 0 Å². The summed E-state index contributed by atoms with van der Waals surface area (Å²) in [6.07, 6.45) is 0. The Hall–Kier alpha value is -3.85. The molecule has 1 aliphatic rings. The molecule has 0 bridgehead atoms. The lowest BCUT2D eigenvalue weighted by Crippen LogP contribution is -2.32. The van der Waals surface area contributed by atoms with Gasteiger partial charge in [0.2, 0.25) is 0 Å². The number of hydrogen-bond donors (Lipinski definition) is 1. The number of nitrogen functional groups attached to an aromatic ring is 1. The molecule has 0 fully saturated rings. The highest BCUT2D eigenvalue weighted by atomic mass is 32.2. The van der Waals surface area contributed by atoms with Crippen LogP contribution in [-0.2, 0) is 9.53 Å². The molecule has 2 N–H and O–H groups in total. The highest BCUT2D eigenvalue weighted by Gasteiger charge is 2.29. The Morgan fingerprint density at radius 1 is 1.00 bits per heavy atom. The number of nitro groups is 1. The average Bonchev–Trinajstić information content (AvgIpc) is 2.75. The van der Waals surface area contributed by atoms with E-state index < -0.39 is 23.4 Å². The van der Waals surface area contributed by atoms with E-state index in [1.165, 1.54) is 17.0 Å². The van der Waals surface area contributed by atoms with Crippen LogP contribution in [0.5, 0.6) is 0 Å². The normalized spacial score (nSPS) is 11.9. The maximum absolute atomic E-state index is 13.0. The summed E-state index contributed by atoms with van der Waals surface area (Å²) in [4.78, 5) is 39.1. The number of nitrogens with zero attached hydrogens (tertiary/aromatic N) is 2. The maximum Gasteiger partial charge on any atom is 0.341 e. The third kappa shape index (κ3) is 3.58. The van der Waals surface area contributed by atoms with Crippen LogP contribution in [0.1, 0.15) is 10.4 Å². The molecule has 3 aromatic rings. The number of non-ortho nitro benzene ring substituents is 1. The van der Waals surface area contributed by atoms with Gasteiger partial charge < -0.3 is 10.5 Å². The molecule has 0 saturated heterocycles. The molecule has 1 heterocycles. The number of nitrogens with two attached hydrogens (primary N) is 1. The molecule has 0 aromatic heterocycles. The van der Waals surface area contributed by atoms with Crippen molar-refractivity contribution in [1.82, 2.24) is 0 Å². The van der Waals surface area contributed by atoms with Gasteiger partial charge in [-0.3, -0.25) is 19.8 Å². The number of hydrogen-bond acceptors (Lipinski definition) is 7. The van der Waals surface area contributed by atoms with E-state index in [0.29, 0.717) is 11.4 Å². The number of carbonyl (C=O) groups is 2. The van der Waals surface area contributed by atoms with Crippen LogP contribution < -0.4 is 10.6 Å². The van der Waals surface area contributed by atoms with Crippen LogP contribution in [0.25, 0.3) is 0 Å². The van der Waals surface area contributed by atoms with E-state index in [9.17, 15) is 19.7 Å². The molecule has 3 aromatic carbocycles. The van der Waals surface area contributed by atoms with E-state index in [-0.39, 0.29) is 16.9 Å². The monoisotopic (exact) mass is 421 g/mol. The van der Waals surface area contributed by atoms with Gasteiger partial charge in [-0.2, -0.15) is 0 Å². The number of carbonyl (C=O) groups excluding carboxylic acids is 2. The second-order valence-corrected chi connectivity index (χ2v) is 7.46. The lowest BCUT2D eigenvalue weighted by molar-refractivity contribution is -0.384. The Labute approximate surface area is 175 Å². The van der Waals surface area contributed by atoms with Crippen molar-refractivity contribution >= 4 is 46.4 Å². The van der Waals surface area contributed by atoms with E-state index in [0.717, 1.165) is 15.9 Å². The summed E-state index contributed by atoms with van der Waals surface area (Å²) in [5.41, 5.74) is 6.71. The summed E-state index contributed by atoms with van der Waals surface area (Å²) in [6.45, 7) is -0.547. The van der Waals surface area contributed by atoms with Gasteiger partial charge in [-0.05, 0) is 30.3 Å². The largest absolute Gasteiger partial charge is 0.452 e. The fourth-order valence-corrected chi connectivity index (χ4v) is 4.14. The summed E-state index contributed by atoms with van der Waals surface area (Å²) < 4.78 is 5.15. The summed E-state index contributed by atoms with van der Waals surface area (Å²) in [5.74, 6) is -1.36. The number of nitro benzene ring substituents is 1. The first-order valence-electron chi connectivity index (χ1n) is 8.85. The van der Waals surface area contributed by atoms with Crippen LogP contribution in [0.3, 0.4) is 0 Å². The summed E-state index contributed by atoms with van der Waals surface area (Å²) in [7, 11) is 0. The van der Waals surface area contributed by atoms with Crippen LogP contribution >= 0.6 is 11.8 Å². The van der Waals surface area contributed by atoms with Gasteiger partial charge >= 0.3 is 5.97 Å². The van der Waals surface area contributed by atoms with E-state index in [4.69, 9.17) is 10.5 Å². The van der Waals surface area contributed by atoms with Crippen LogP contribution in [0.15, 0.2) is 76.5 Å². The molecule has 0 spiro atoms. The second kappa shape index (κ2) is 7.88. The average molecular weight is 421 g/mol. The maximum atomic E-state index is 13.0. The quantitative estimate of drug-likeness (QED) is 0.291. The first kappa shape index (κ1) is 19.5. The van der Waals surface area contributed by atoms with Gasteiger partial charge in [-0.25, -0.2) is 4.79 Å². The SMILES string of the molecule is Nc1ccc([N+](=O)[O-])cc1C(=O)OCC(=O)N1c2ccccc2Sc2ccccc21. The number of anilines is 3. The molecule has 0 atom stereocenters. The van der Waals surface area contributed by atoms with Gasteiger partial charge in [0.1, 0.15) is 0 Å². The molecule has 4 rings (SSSR count). The van der Waals surface area contributed by atoms with Crippen molar-refractivity contribution in [3.8, 4) is 0 Å². The van der Waals surface area contributed by atoms with Crippen molar-refractivity contribution in [2.75, 3.05) is 17.2 Å². The van der Waals surface area contributed by atoms with Gasteiger partial charge in [0.25, 0.3) is 11.6 Å². The Bertz CT molecular complexity index is 1140. The van der Waals surface area contributed by atoms with Crippen molar-refractivity contribution < 1.29 is 19.2 Å². The lowest BCUT2D eigenvalue weighted by atomic mass is 10.1. The molecule has 0 aliphatic carbocycles. The number of rotatable bonds is 4. The molecule has 150 valence electrons. The molecule has 30 heavy (non-hydrogen) atoms. The number of para-hydroxylation sites is 2. The molecule has 0 radical (unpaired) electrons. The van der Waals surface area contributed by atoms with Crippen molar-refractivity contribution in [1.29, 1.82) is 0 Å². The van der Waals surface area contributed by atoms with E-state index in [1.54, 1.807) is 11.8 Å². The zero-order chi connectivity index (χ0) is 21.3. The first-order chi connectivity index (χ1) is 14.5. The molecule has 0 unspecified atom stereocenters. The number of fused-ring (bicyclic) bond motifs is 2. The Kier molecular flexibility index (Phi) is 5.11. The van der Waals surface area contributed by atoms with Gasteiger partial charge in [-0.1, -0.05) is 36.0 Å². The van der Waals surface area contributed by atoms with Gasteiger partial charge in [0.05, 0.1) is 21.9 Å². The van der Waals surface area contributed by atoms with Crippen molar-refractivity contribution in [3.05, 3.63) is 82.4 Å². The second-order valence-electron chi connectivity index (χ2n) is 6.37. The van der Waals surface area contributed by atoms with Crippen LogP contribution in [-0.4, -0.2) is 23.4 Å². The van der Waals surface area contributed by atoms with Crippen LogP contribution in [0, 0.1) is 10.1 Å². The molecule has 0 saturated carbocycles. The van der Waals surface area contributed by atoms with E-state index in [1.807, 2.05) is 48.5 Å². The van der Waals surface area contributed by atoms with Gasteiger partial charge in [0.15, 0.2) is 6.61 Å². The molecule has 9 heteroatoms. The van der Waals surface area contributed by atoms with E-state index >= 15 is 0 Å². The number of esters is 1. The topological polar surface area (TPSA) is 116 Å². The summed E-state index contributed by atoms with van der Waals surface area (Å²) in [6, 6.07) is 18.3. The highest BCUT2D eigenvalue weighted by Crippen LogP contribution is 2.47. The standard InChI is InChI=1S/C21H15N3O5S/c22-15-10-9-13(24(27)28)11-14(15)21(26)29-12-20(25)23-16-5-1-3-7-18(16)30-19-8-4-2-6-17(19)23/h1-11H,12,22H2. The summed E-state index contributed by atoms with van der Waals surface area (Å²) >= 11 is 1.55. The predicted molar refractivity (Wildman–Crippen MR) is 112 cm³/mol. The number of ether oxygens (including phenoxy) is 1. The third-order valence-electron chi connectivity index (χ3n) is 4.48. The minimum atomic E-state index is -0.905. The molecular formula is C21H15N3O5S. The zero-order valence-electron chi connectivity index (χ0n) is 15.5. The third-order valence-corrected chi connectivity index (χ3v) is 5.61. The molecule has 1 amide bonds. The Balaban J connectivity index is 1.58. The highest BCUT2D eigenvalue weighted by molar-refractivity contribution is 7.99. The van der Waals surface area contributed by atoms with Crippen LogP contribution in [0.4, 0.5) is 22.7 Å². The van der Waals surface area contributed by atoms with Crippen molar-refractivity contribution in [2.45, 2.75) is 9.79 Å². The minimum absolute atomic E-state index is 0.0307. The van der Waals surface area contributed by atoms with Gasteiger partial charge in [0, 0.05) is 27.6 Å². The fraction of sp³-hybridized carbons (Fsp3) is 0.0476. The zero-order valence-corrected chi connectivity index (χ0v) is 16.3. The predicted octanol–water partition coefficient (Wildman–Crippen LogP) is 4.16. The Morgan fingerprint density at radius 2 is 1.60 bits per heavy atom. The minimum Gasteiger partial charge on any atom is -0.452 e. The van der Waals surface area contributed by atoms with Crippen molar-refractivity contribution in [3.63, 3.8) is 0 Å². The molecule has 8 nitrogen and oxygen atoms in total.